The van der Waals surface area contributed by atoms with Crippen LogP contribution in [0.4, 0.5) is 5.69 Å². The van der Waals surface area contributed by atoms with Crippen LogP contribution < -0.4 is 5.32 Å². The number of nitrogens with one attached hydrogen (secondary N) is 1. The van der Waals surface area contributed by atoms with Crippen molar-refractivity contribution in [1.82, 2.24) is 9.78 Å². The van der Waals surface area contributed by atoms with E-state index < -0.39 is 0 Å². The van der Waals surface area contributed by atoms with Gasteiger partial charge in [-0.15, -0.1) is 0 Å². The third-order valence-electron chi connectivity index (χ3n) is 4.56. The zero-order valence-corrected chi connectivity index (χ0v) is 15.0. The van der Waals surface area contributed by atoms with Crippen molar-refractivity contribution < 1.29 is 4.42 Å². The van der Waals surface area contributed by atoms with Gasteiger partial charge in [-0.3, -0.25) is 4.68 Å². The van der Waals surface area contributed by atoms with E-state index in [4.69, 9.17) is 27.6 Å². The highest BCUT2D eigenvalue weighted by atomic mass is 35.5. The molecule has 0 saturated heterocycles. The fourth-order valence-electron chi connectivity index (χ4n) is 3.43. The second-order valence-corrected chi connectivity index (χ2v) is 7.36. The van der Waals surface area contributed by atoms with Crippen molar-refractivity contribution in [2.45, 2.75) is 32.7 Å². The molecule has 24 heavy (non-hydrogen) atoms. The maximum absolute atomic E-state index is 6.40. The number of nitrogens with zero attached hydrogens (tertiary/aromatic N) is 2. The molecule has 1 aromatic carbocycles. The van der Waals surface area contributed by atoms with Crippen molar-refractivity contribution in [1.29, 1.82) is 0 Å². The summed E-state index contributed by atoms with van der Waals surface area (Å²) in [5.41, 5.74) is 3.24. The van der Waals surface area contributed by atoms with Gasteiger partial charge in [-0.25, -0.2) is 0 Å². The summed E-state index contributed by atoms with van der Waals surface area (Å²) < 4.78 is 8.03. The summed E-state index contributed by atoms with van der Waals surface area (Å²) in [7, 11) is 0. The average molecular weight is 364 g/mol. The van der Waals surface area contributed by atoms with Gasteiger partial charge in [-0.05, 0) is 30.9 Å². The number of rotatable bonds is 4. The van der Waals surface area contributed by atoms with E-state index in [0.717, 1.165) is 59.8 Å². The average Bonchev–Trinajstić information content (AvgIpc) is 3.05. The highest BCUT2D eigenvalue weighted by molar-refractivity contribution is 6.35. The first-order valence-corrected chi connectivity index (χ1v) is 9.02. The highest BCUT2D eigenvalue weighted by Gasteiger charge is 2.23. The van der Waals surface area contributed by atoms with E-state index in [-0.39, 0.29) is 0 Å². The molecule has 0 fully saturated rings. The molecular weight excluding hydrogens is 345 g/mol. The van der Waals surface area contributed by atoms with Crippen LogP contribution in [0.3, 0.4) is 0 Å². The zero-order chi connectivity index (χ0) is 16.7. The minimum absolute atomic E-state index is 0.540. The minimum atomic E-state index is 0.540. The summed E-state index contributed by atoms with van der Waals surface area (Å²) >= 11 is 12.3. The molecule has 1 aliphatic rings. The Kier molecular flexibility index (Phi) is 4.19. The molecule has 2 aromatic heterocycles. The third-order valence-corrected chi connectivity index (χ3v) is 5.07. The Hall–Kier alpha value is -1.65. The molecule has 0 radical (unpaired) electrons. The van der Waals surface area contributed by atoms with Crippen molar-refractivity contribution in [3.63, 3.8) is 0 Å². The second-order valence-electron chi connectivity index (χ2n) is 6.51. The van der Waals surface area contributed by atoms with Gasteiger partial charge < -0.3 is 9.73 Å². The van der Waals surface area contributed by atoms with E-state index in [1.165, 1.54) is 5.56 Å². The van der Waals surface area contributed by atoms with Gasteiger partial charge in [0.2, 0.25) is 0 Å². The Morgan fingerprint density at radius 3 is 3.04 bits per heavy atom. The second kappa shape index (κ2) is 6.34. The summed E-state index contributed by atoms with van der Waals surface area (Å²) in [4.78, 5) is 0. The summed E-state index contributed by atoms with van der Waals surface area (Å²) in [6.45, 7) is 4.00. The lowest BCUT2D eigenvalue weighted by Crippen LogP contribution is -2.11. The van der Waals surface area contributed by atoms with Crippen LogP contribution in [0.5, 0.6) is 0 Å². The van der Waals surface area contributed by atoms with Gasteiger partial charge in [-0.1, -0.05) is 30.1 Å². The van der Waals surface area contributed by atoms with Crippen LogP contribution in [0, 0.1) is 5.92 Å². The van der Waals surface area contributed by atoms with Gasteiger partial charge in [0.15, 0.2) is 0 Å². The van der Waals surface area contributed by atoms with Crippen molar-refractivity contribution in [3.8, 4) is 0 Å². The van der Waals surface area contributed by atoms with Gasteiger partial charge in [0, 0.05) is 36.7 Å². The smallest absolute Gasteiger partial charge is 0.136 e. The molecule has 126 valence electrons. The normalized spacial score (nSPS) is 17.0. The van der Waals surface area contributed by atoms with Crippen molar-refractivity contribution in [2.75, 3.05) is 11.9 Å². The van der Waals surface area contributed by atoms with Gasteiger partial charge in [-0.2, -0.15) is 5.10 Å². The van der Waals surface area contributed by atoms with Crippen LogP contribution in [0.15, 0.2) is 28.9 Å². The van der Waals surface area contributed by atoms with E-state index in [1.807, 2.05) is 23.0 Å². The number of halogens is 2. The Labute approximate surface area is 150 Å². The molecule has 1 aliphatic heterocycles. The Bertz CT molecular complexity index is 884. The molecule has 0 bridgehead atoms. The van der Waals surface area contributed by atoms with Crippen LogP contribution >= 0.6 is 23.2 Å². The lowest BCUT2D eigenvalue weighted by atomic mass is 9.98. The molecule has 6 heteroatoms. The van der Waals surface area contributed by atoms with Crippen molar-refractivity contribution in [2.24, 2.45) is 5.92 Å². The van der Waals surface area contributed by atoms with E-state index in [2.05, 4.69) is 17.3 Å². The van der Waals surface area contributed by atoms with Crippen LogP contribution in [-0.4, -0.2) is 16.3 Å². The molecule has 0 spiro atoms. The molecule has 4 nitrogen and oxygen atoms in total. The van der Waals surface area contributed by atoms with Gasteiger partial charge in [0.25, 0.3) is 0 Å². The summed E-state index contributed by atoms with van der Waals surface area (Å²) in [5.74, 6) is 1.61. The number of benzene rings is 1. The molecule has 3 heterocycles. The monoisotopic (exact) mass is 363 g/mol. The van der Waals surface area contributed by atoms with Gasteiger partial charge in [0.1, 0.15) is 11.3 Å². The first-order valence-electron chi connectivity index (χ1n) is 8.26. The van der Waals surface area contributed by atoms with Gasteiger partial charge in [0.05, 0.1) is 21.9 Å². The quantitative estimate of drug-likeness (QED) is 0.694. The van der Waals surface area contributed by atoms with E-state index in [9.17, 15) is 0 Å². The SMILES string of the molecule is CC1CNc2c(Cl)ccc3oc(CCCn4cc(Cl)cn4)c(c23)C1. The highest BCUT2D eigenvalue weighted by Crippen LogP contribution is 2.40. The first-order chi connectivity index (χ1) is 11.6. The van der Waals surface area contributed by atoms with E-state index >= 15 is 0 Å². The maximum Gasteiger partial charge on any atom is 0.136 e. The minimum Gasteiger partial charge on any atom is -0.461 e. The molecule has 0 aliphatic carbocycles. The fraction of sp³-hybridized carbons (Fsp3) is 0.389. The fourth-order valence-corrected chi connectivity index (χ4v) is 3.81. The van der Waals surface area contributed by atoms with Crippen molar-refractivity contribution >= 4 is 39.9 Å². The Morgan fingerprint density at radius 2 is 2.25 bits per heavy atom. The number of hydrogen-bond acceptors (Lipinski definition) is 3. The predicted molar refractivity (Wildman–Crippen MR) is 98.1 cm³/mol. The molecule has 1 unspecified atom stereocenters. The van der Waals surface area contributed by atoms with E-state index in [1.54, 1.807) is 6.20 Å². The summed E-state index contributed by atoms with van der Waals surface area (Å²) in [5, 5.41) is 10.3. The van der Waals surface area contributed by atoms with Gasteiger partial charge >= 0.3 is 0 Å². The number of furan rings is 1. The Morgan fingerprint density at radius 1 is 1.38 bits per heavy atom. The van der Waals surface area contributed by atoms with Crippen molar-refractivity contribution in [3.05, 3.63) is 45.9 Å². The molecule has 4 rings (SSSR count). The molecule has 0 saturated carbocycles. The van der Waals surface area contributed by atoms with Crippen LogP contribution in [-0.2, 0) is 19.4 Å². The number of anilines is 1. The molecule has 3 aromatic rings. The number of hydrogen-bond donors (Lipinski definition) is 1. The van der Waals surface area contributed by atoms with Crippen LogP contribution in [0.25, 0.3) is 11.0 Å². The maximum atomic E-state index is 6.40. The molecule has 0 amide bonds. The zero-order valence-electron chi connectivity index (χ0n) is 13.5. The largest absolute Gasteiger partial charge is 0.461 e. The Balaban J connectivity index is 1.63. The molecule has 1 atom stereocenters. The van der Waals surface area contributed by atoms with E-state index in [0.29, 0.717) is 10.9 Å². The molecular formula is C18H19Cl2N3O. The third kappa shape index (κ3) is 2.89. The van der Waals surface area contributed by atoms with Crippen LogP contribution in [0.1, 0.15) is 24.7 Å². The standard InChI is InChI=1S/C18H19Cl2N3O/c1-11-7-13-15(3-2-6-23-10-12(19)9-22-23)24-16-5-4-14(20)18(17(13)16)21-8-11/h4-5,9-11,21H,2-3,6-8H2,1H3. The molecule has 1 N–H and O–H groups in total. The lowest BCUT2D eigenvalue weighted by molar-refractivity contribution is 0.495. The predicted octanol–water partition coefficient (Wildman–Crippen LogP) is 5.17. The summed E-state index contributed by atoms with van der Waals surface area (Å²) in [6, 6.07) is 3.88. The summed E-state index contributed by atoms with van der Waals surface area (Å²) in [6.07, 6.45) is 6.36. The number of aryl methyl sites for hydroxylation is 2. The first kappa shape index (κ1) is 15.9. The number of aromatic nitrogens is 2. The van der Waals surface area contributed by atoms with Crippen LogP contribution in [0.2, 0.25) is 10.0 Å². The topological polar surface area (TPSA) is 43.0 Å². The lowest BCUT2D eigenvalue weighted by Gasteiger charge is -2.10.